The molecule has 1 aromatic heterocycles. The number of carbonyl (C=O) groups excluding carboxylic acids is 2. The molecule has 2 aromatic carbocycles. The summed E-state index contributed by atoms with van der Waals surface area (Å²) in [5.41, 5.74) is 0.314. The summed E-state index contributed by atoms with van der Waals surface area (Å²) in [6.07, 6.45) is -0.154. The average Bonchev–Trinajstić information content (AvgIpc) is 2.72. The van der Waals surface area contributed by atoms with Gasteiger partial charge in [-0.3, -0.25) is 9.59 Å². The van der Waals surface area contributed by atoms with E-state index in [9.17, 15) is 24.6 Å². The van der Waals surface area contributed by atoms with Gasteiger partial charge in [-0.25, -0.2) is 4.79 Å². The van der Waals surface area contributed by atoms with E-state index in [1.165, 1.54) is 39.3 Å². The molecule has 0 bridgehead atoms. The Morgan fingerprint density at radius 2 is 1.69 bits per heavy atom. The minimum Gasteiger partial charge on any atom is -0.506 e. The summed E-state index contributed by atoms with van der Waals surface area (Å²) in [5.74, 6) is -2.53. The lowest BCUT2D eigenvalue weighted by molar-refractivity contribution is -0.135. The van der Waals surface area contributed by atoms with Crippen LogP contribution in [0.1, 0.15) is 46.3 Å². The van der Waals surface area contributed by atoms with Crippen LogP contribution in [0.4, 0.5) is 0 Å². The number of hydrogen-bond acceptors (Lipinski definition) is 9. The van der Waals surface area contributed by atoms with Crippen LogP contribution in [0.5, 0.6) is 28.7 Å². The number of hydrogen-bond donors (Lipinski definition) is 2. The second-order valence-corrected chi connectivity index (χ2v) is 7.48. The highest BCUT2D eigenvalue weighted by Crippen LogP contribution is 2.51. The average molecular weight is 440 g/mol. The number of rotatable bonds is 4. The molecule has 3 aromatic rings. The summed E-state index contributed by atoms with van der Waals surface area (Å²) >= 11 is 0. The maximum Gasteiger partial charge on any atom is 0.336 e. The molecule has 0 spiro atoms. The summed E-state index contributed by atoms with van der Waals surface area (Å²) in [4.78, 5) is 37.1. The number of methoxy groups -OCH3 is 2. The Morgan fingerprint density at radius 3 is 2.25 bits per heavy atom. The van der Waals surface area contributed by atoms with Crippen molar-refractivity contribution in [2.45, 2.75) is 26.2 Å². The van der Waals surface area contributed by atoms with Gasteiger partial charge in [-0.1, -0.05) is 0 Å². The van der Waals surface area contributed by atoms with Crippen LogP contribution in [-0.4, -0.2) is 36.2 Å². The zero-order chi connectivity index (χ0) is 23.3. The van der Waals surface area contributed by atoms with Crippen LogP contribution in [0.2, 0.25) is 0 Å². The number of Topliss-reactive ketones (excluding diaryl/α,β-unsaturated/α-hetero) is 1. The molecular weight excluding hydrogens is 420 g/mol. The molecule has 0 amide bonds. The first-order valence-corrected chi connectivity index (χ1v) is 9.67. The van der Waals surface area contributed by atoms with E-state index in [2.05, 4.69) is 0 Å². The molecule has 9 heteroatoms. The van der Waals surface area contributed by atoms with Gasteiger partial charge in [0.2, 0.25) is 5.75 Å². The minimum absolute atomic E-state index is 0.0102. The Balaban J connectivity index is 2.16. The first-order valence-electron chi connectivity index (χ1n) is 9.67. The highest BCUT2D eigenvalue weighted by atomic mass is 16.5. The summed E-state index contributed by atoms with van der Waals surface area (Å²) < 4.78 is 21.3. The van der Waals surface area contributed by atoms with E-state index in [1.807, 2.05) is 0 Å². The van der Waals surface area contributed by atoms with Crippen molar-refractivity contribution in [1.29, 1.82) is 0 Å². The third kappa shape index (κ3) is 3.13. The monoisotopic (exact) mass is 440 g/mol. The zero-order valence-electron chi connectivity index (χ0n) is 17.8. The number of benzene rings is 2. The van der Waals surface area contributed by atoms with Gasteiger partial charge < -0.3 is 28.8 Å². The fraction of sp³-hybridized carbons (Fsp3) is 0.261. The second kappa shape index (κ2) is 7.60. The van der Waals surface area contributed by atoms with Crippen LogP contribution in [0.15, 0.2) is 27.4 Å². The first kappa shape index (κ1) is 21.2. The van der Waals surface area contributed by atoms with Crippen molar-refractivity contribution in [3.63, 3.8) is 0 Å². The molecule has 2 N–H and O–H groups in total. The Labute approximate surface area is 181 Å². The van der Waals surface area contributed by atoms with E-state index < -0.39 is 29.0 Å². The van der Waals surface area contributed by atoms with Crippen molar-refractivity contribution in [2.24, 2.45) is 0 Å². The van der Waals surface area contributed by atoms with E-state index >= 15 is 0 Å². The van der Waals surface area contributed by atoms with Crippen LogP contribution in [0, 0.1) is 6.92 Å². The van der Waals surface area contributed by atoms with Crippen LogP contribution in [-0.2, 0) is 4.79 Å². The van der Waals surface area contributed by atoms with Gasteiger partial charge in [0.1, 0.15) is 16.9 Å². The predicted molar refractivity (Wildman–Crippen MR) is 112 cm³/mol. The molecule has 4 rings (SSSR count). The SMILES string of the molecule is COc1cc([C@@H]2CC(=O)Oc3c(C(C)=O)c(O)c4c(C)cc(=O)oc4c32)cc(OC)c1O. The highest BCUT2D eigenvalue weighted by molar-refractivity contribution is 6.09. The summed E-state index contributed by atoms with van der Waals surface area (Å²) in [5, 5.41) is 21.3. The Kier molecular flexibility index (Phi) is 5.04. The van der Waals surface area contributed by atoms with Gasteiger partial charge in [0.05, 0.1) is 26.0 Å². The van der Waals surface area contributed by atoms with E-state index in [-0.39, 0.29) is 51.5 Å². The number of carbonyl (C=O) groups is 2. The molecular formula is C23H20O9. The van der Waals surface area contributed by atoms with Gasteiger partial charge in [-0.2, -0.15) is 0 Å². The van der Waals surface area contributed by atoms with Crippen molar-refractivity contribution in [1.82, 2.24) is 0 Å². The van der Waals surface area contributed by atoms with Gasteiger partial charge >= 0.3 is 11.6 Å². The highest BCUT2D eigenvalue weighted by Gasteiger charge is 2.38. The number of ketones is 1. The zero-order valence-corrected chi connectivity index (χ0v) is 17.8. The number of fused-ring (bicyclic) bond motifs is 3. The molecule has 1 atom stereocenters. The molecule has 0 fully saturated rings. The Bertz CT molecular complexity index is 1330. The maximum atomic E-state index is 12.5. The lowest BCUT2D eigenvalue weighted by Crippen LogP contribution is -2.24. The second-order valence-electron chi connectivity index (χ2n) is 7.48. The van der Waals surface area contributed by atoms with Crippen LogP contribution in [0.25, 0.3) is 11.0 Å². The largest absolute Gasteiger partial charge is 0.506 e. The molecule has 1 aliphatic rings. The quantitative estimate of drug-likeness (QED) is 0.272. The fourth-order valence-electron chi connectivity index (χ4n) is 4.14. The van der Waals surface area contributed by atoms with E-state index in [1.54, 1.807) is 6.92 Å². The number of aromatic hydroxyl groups is 2. The third-order valence-corrected chi connectivity index (χ3v) is 5.54. The smallest absolute Gasteiger partial charge is 0.336 e. The first-order chi connectivity index (χ1) is 15.2. The number of aryl methyl sites for hydroxylation is 1. The molecule has 2 heterocycles. The number of ether oxygens (including phenoxy) is 3. The van der Waals surface area contributed by atoms with Crippen LogP contribution < -0.4 is 19.8 Å². The molecule has 1 aliphatic heterocycles. The lowest BCUT2D eigenvalue weighted by Gasteiger charge is -2.28. The molecule has 32 heavy (non-hydrogen) atoms. The van der Waals surface area contributed by atoms with Crippen molar-refractivity contribution in [2.75, 3.05) is 14.2 Å². The minimum atomic E-state index is -0.749. The standard InChI is InChI=1S/C23H20O9/c1-9-5-15(25)31-22-17(9)21(28)18(10(2)24)23-19(22)12(8-16(26)32-23)11-6-13(29-3)20(27)14(7-11)30-4/h5-7,12,27-28H,8H2,1-4H3/t12-/m0/s1. The van der Waals surface area contributed by atoms with Crippen molar-refractivity contribution >= 4 is 22.7 Å². The fourth-order valence-corrected chi connectivity index (χ4v) is 4.14. The Hall–Kier alpha value is -4.01. The third-order valence-electron chi connectivity index (χ3n) is 5.54. The van der Waals surface area contributed by atoms with E-state index in [0.717, 1.165) is 0 Å². The van der Waals surface area contributed by atoms with Crippen LogP contribution in [0.3, 0.4) is 0 Å². The summed E-state index contributed by atoms with van der Waals surface area (Å²) in [7, 11) is 2.73. The number of phenols is 2. The maximum absolute atomic E-state index is 12.5. The van der Waals surface area contributed by atoms with Crippen molar-refractivity contribution in [3.05, 3.63) is 50.9 Å². The van der Waals surface area contributed by atoms with Crippen molar-refractivity contribution in [3.8, 4) is 28.7 Å². The number of phenolic OH excluding ortho intramolecular Hbond substituents is 2. The number of esters is 1. The van der Waals surface area contributed by atoms with Gasteiger partial charge in [0, 0.05) is 17.5 Å². The molecule has 166 valence electrons. The topological polar surface area (TPSA) is 132 Å². The van der Waals surface area contributed by atoms with E-state index in [4.69, 9.17) is 18.6 Å². The van der Waals surface area contributed by atoms with Gasteiger partial charge in [-0.15, -0.1) is 0 Å². The van der Waals surface area contributed by atoms with Gasteiger partial charge in [-0.05, 0) is 37.1 Å². The normalized spacial score (nSPS) is 15.2. The van der Waals surface area contributed by atoms with E-state index in [0.29, 0.717) is 11.1 Å². The summed E-state index contributed by atoms with van der Waals surface area (Å²) in [6, 6.07) is 4.24. The summed E-state index contributed by atoms with van der Waals surface area (Å²) in [6.45, 7) is 2.84. The van der Waals surface area contributed by atoms with Gasteiger partial charge in [0.15, 0.2) is 23.0 Å². The lowest BCUT2D eigenvalue weighted by atomic mass is 9.82. The van der Waals surface area contributed by atoms with Crippen molar-refractivity contribution < 1.29 is 38.4 Å². The molecule has 0 saturated heterocycles. The van der Waals surface area contributed by atoms with Gasteiger partial charge in [0.25, 0.3) is 0 Å². The molecule has 9 nitrogen and oxygen atoms in total. The van der Waals surface area contributed by atoms with Crippen LogP contribution >= 0.6 is 0 Å². The Morgan fingerprint density at radius 1 is 1.06 bits per heavy atom. The molecule has 0 unspecified atom stereocenters. The molecule has 0 radical (unpaired) electrons. The molecule has 0 aliphatic carbocycles. The molecule has 0 saturated carbocycles. The predicted octanol–water partition coefficient (Wildman–Crippen LogP) is 3.17.